The van der Waals surface area contributed by atoms with Gasteiger partial charge in [0, 0.05) is 24.8 Å². The normalized spacial score (nSPS) is 11.1. The number of amides is 1. The second-order valence-electron chi connectivity index (χ2n) is 6.74. The number of carbonyl (C=O) groups is 1. The highest BCUT2D eigenvalue weighted by atomic mass is 79.9. The van der Waals surface area contributed by atoms with E-state index in [1.807, 2.05) is 49.3 Å². The monoisotopic (exact) mass is 461 g/mol. The molecule has 3 aromatic rings. The van der Waals surface area contributed by atoms with Gasteiger partial charge in [0.1, 0.15) is 11.6 Å². The predicted octanol–water partition coefficient (Wildman–Crippen LogP) is 2.01. The fourth-order valence-electron chi connectivity index (χ4n) is 2.72. The minimum absolute atomic E-state index is 0.0213. The van der Waals surface area contributed by atoms with E-state index in [0.29, 0.717) is 31.1 Å². The van der Waals surface area contributed by atoms with E-state index in [0.717, 1.165) is 21.5 Å². The summed E-state index contributed by atoms with van der Waals surface area (Å²) in [7, 11) is 3.71. The van der Waals surface area contributed by atoms with E-state index < -0.39 is 0 Å². The molecule has 4 N–H and O–H groups in total. The van der Waals surface area contributed by atoms with Crippen LogP contribution in [0.3, 0.4) is 0 Å². The van der Waals surface area contributed by atoms with Crippen molar-refractivity contribution in [3.05, 3.63) is 46.6 Å². The molecule has 154 valence electrons. The summed E-state index contributed by atoms with van der Waals surface area (Å²) in [6.45, 7) is 1.35. The van der Waals surface area contributed by atoms with Crippen LogP contribution in [0, 0.1) is 0 Å². The summed E-state index contributed by atoms with van der Waals surface area (Å²) in [5.41, 5.74) is 2.49. The molecular formula is C19H24BrN7O2. The van der Waals surface area contributed by atoms with Crippen LogP contribution in [0.5, 0.6) is 0 Å². The Morgan fingerprint density at radius 2 is 2.00 bits per heavy atom. The highest BCUT2D eigenvalue weighted by molar-refractivity contribution is 9.10. The molecule has 2 heterocycles. The van der Waals surface area contributed by atoms with E-state index in [9.17, 15) is 4.79 Å². The highest BCUT2D eigenvalue weighted by Gasteiger charge is 2.10. The van der Waals surface area contributed by atoms with Crippen molar-refractivity contribution >= 4 is 44.8 Å². The number of hydrogen-bond acceptors (Lipinski definition) is 7. The van der Waals surface area contributed by atoms with E-state index in [-0.39, 0.29) is 12.5 Å². The van der Waals surface area contributed by atoms with Crippen molar-refractivity contribution in [3.63, 3.8) is 0 Å². The lowest BCUT2D eigenvalue weighted by atomic mass is 10.2. The van der Waals surface area contributed by atoms with Crippen LogP contribution in [-0.2, 0) is 11.3 Å². The summed E-state index contributed by atoms with van der Waals surface area (Å²) in [5, 5.41) is 22.7. The maximum absolute atomic E-state index is 11.8. The molecule has 2 aromatic heterocycles. The van der Waals surface area contributed by atoms with E-state index in [1.54, 1.807) is 10.7 Å². The minimum atomic E-state index is -0.0489. The Hall–Kier alpha value is -2.69. The van der Waals surface area contributed by atoms with E-state index in [4.69, 9.17) is 5.11 Å². The maximum atomic E-state index is 11.8. The SMILES string of the molecule is CN(C)CC(=O)Nc1ccc(CNc2cc(NCCO)nc3c(Br)cnn23)cc1. The summed E-state index contributed by atoms with van der Waals surface area (Å²) >= 11 is 3.45. The smallest absolute Gasteiger partial charge is 0.238 e. The van der Waals surface area contributed by atoms with Crippen molar-refractivity contribution in [1.29, 1.82) is 0 Å². The molecule has 10 heteroatoms. The number of anilines is 3. The Bertz CT molecular complexity index is 973. The van der Waals surface area contributed by atoms with Gasteiger partial charge < -0.3 is 26.0 Å². The third-order valence-electron chi connectivity index (χ3n) is 4.02. The van der Waals surface area contributed by atoms with Crippen molar-refractivity contribution in [2.75, 3.05) is 49.7 Å². The van der Waals surface area contributed by atoms with Crippen molar-refractivity contribution in [3.8, 4) is 0 Å². The van der Waals surface area contributed by atoms with Gasteiger partial charge in [0.05, 0.1) is 23.8 Å². The first kappa shape index (κ1) is 21.0. The number of aliphatic hydroxyl groups excluding tert-OH is 1. The van der Waals surface area contributed by atoms with E-state index in [2.05, 4.69) is 42.0 Å². The number of halogens is 1. The van der Waals surface area contributed by atoms with E-state index in [1.165, 1.54) is 0 Å². The number of benzene rings is 1. The third kappa shape index (κ3) is 5.66. The average molecular weight is 462 g/mol. The van der Waals surface area contributed by atoms with Crippen LogP contribution in [0.4, 0.5) is 17.3 Å². The molecule has 0 fully saturated rings. The fraction of sp³-hybridized carbons (Fsp3) is 0.316. The first-order valence-corrected chi connectivity index (χ1v) is 9.92. The Morgan fingerprint density at radius 3 is 2.69 bits per heavy atom. The third-order valence-corrected chi connectivity index (χ3v) is 4.58. The number of aliphatic hydroxyl groups is 1. The molecule has 0 spiro atoms. The summed E-state index contributed by atoms with van der Waals surface area (Å²) in [4.78, 5) is 18.2. The van der Waals surface area contributed by atoms with Gasteiger partial charge in [-0.15, -0.1) is 0 Å². The van der Waals surface area contributed by atoms with Gasteiger partial charge in [-0.1, -0.05) is 12.1 Å². The summed E-state index contributed by atoms with van der Waals surface area (Å²) in [6, 6.07) is 9.52. The predicted molar refractivity (Wildman–Crippen MR) is 117 cm³/mol. The number of aromatic nitrogens is 3. The van der Waals surface area contributed by atoms with Gasteiger partial charge in [-0.2, -0.15) is 9.61 Å². The first-order valence-electron chi connectivity index (χ1n) is 9.12. The molecule has 1 aromatic carbocycles. The first-order chi connectivity index (χ1) is 14.0. The van der Waals surface area contributed by atoms with Crippen LogP contribution in [0.2, 0.25) is 0 Å². The zero-order chi connectivity index (χ0) is 20.8. The lowest BCUT2D eigenvalue weighted by Crippen LogP contribution is -2.27. The molecule has 29 heavy (non-hydrogen) atoms. The zero-order valence-corrected chi connectivity index (χ0v) is 17.9. The molecule has 0 aliphatic rings. The number of likely N-dealkylation sites (N-methyl/N-ethyl adjacent to an activating group) is 1. The largest absolute Gasteiger partial charge is 0.395 e. The second kappa shape index (κ2) is 9.68. The van der Waals surface area contributed by atoms with Crippen molar-refractivity contribution in [2.45, 2.75) is 6.54 Å². The number of carbonyl (C=O) groups excluding carboxylic acids is 1. The summed E-state index contributed by atoms with van der Waals surface area (Å²) in [6.07, 6.45) is 1.69. The molecule has 0 saturated carbocycles. The van der Waals surface area contributed by atoms with Gasteiger partial charge in [0.2, 0.25) is 5.91 Å². The van der Waals surface area contributed by atoms with Crippen LogP contribution in [0.15, 0.2) is 41.0 Å². The molecule has 0 bridgehead atoms. The van der Waals surface area contributed by atoms with Gasteiger partial charge in [0.15, 0.2) is 5.65 Å². The number of fused-ring (bicyclic) bond motifs is 1. The molecule has 0 radical (unpaired) electrons. The molecule has 0 aliphatic carbocycles. The minimum Gasteiger partial charge on any atom is -0.395 e. The topological polar surface area (TPSA) is 107 Å². The van der Waals surface area contributed by atoms with Crippen LogP contribution in [0.1, 0.15) is 5.56 Å². The van der Waals surface area contributed by atoms with Crippen LogP contribution >= 0.6 is 15.9 Å². The molecule has 1 amide bonds. The molecule has 0 unspecified atom stereocenters. The van der Waals surface area contributed by atoms with Crippen LogP contribution in [-0.4, -0.2) is 64.3 Å². The number of rotatable bonds is 9. The quantitative estimate of drug-likeness (QED) is 0.386. The number of nitrogens with zero attached hydrogens (tertiary/aromatic N) is 4. The van der Waals surface area contributed by atoms with Gasteiger partial charge in [-0.3, -0.25) is 4.79 Å². The molecule has 0 atom stereocenters. The average Bonchev–Trinajstić information content (AvgIpc) is 3.06. The molecular weight excluding hydrogens is 438 g/mol. The lowest BCUT2D eigenvalue weighted by Gasteiger charge is -2.12. The Morgan fingerprint density at radius 1 is 1.24 bits per heavy atom. The van der Waals surface area contributed by atoms with Gasteiger partial charge >= 0.3 is 0 Å². The Labute approximate surface area is 177 Å². The molecule has 9 nitrogen and oxygen atoms in total. The lowest BCUT2D eigenvalue weighted by molar-refractivity contribution is -0.116. The summed E-state index contributed by atoms with van der Waals surface area (Å²) < 4.78 is 2.50. The number of nitrogens with one attached hydrogen (secondary N) is 3. The van der Waals surface area contributed by atoms with Gasteiger partial charge in [-0.05, 0) is 47.7 Å². The van der Waals surface area contributed by atoms with Crippen molar-refractivity contribution < 1.29 is 9.90 Å². The second-order valence-corrected chi connectivity index (χ2v) is 7.60. The van der Waals surface area contributed by atoms with Crippen molar-refractivity contribution in [1.82, 2.24) is 19.5 Å². The number of hydrogen-bond donors (Lipinski definition) is 4. The maximum Gasteiger partial charge on any atom is 0.238 e. The Kier molecular flexibility index (Phi) is 7.02. The van der Waals surface area contributed by atoms with Gasteiger partial charge in [-0.25, -0.2) is 4.98 Å². The van der Waals surface area contributed by atoms with Crippen LogP contribution < -0.4 is 16.0 Å². The fourth-order valence-corrected chi connectivity index (χ4v) is 3.07. The van der Waals surface area contributed by atoms with E-state index >= 15 is 0 Å². The zero-order valence-electron chi connectivity index (χ0n) is 16.3. The standard InChI is InChI=1S/C19H24BrN7O2/c1-26(2)12-18(29)24-14-5-3-13(4-6-14)10-22-17-9-16(21-7-8-28)25-19-15(20)11-23-27(17)19/h3-6,9,11,22,28H,7-8,10,12H2,1-2H3,(H,21,25)(H,24,29). The molecule has 3 rings (SSSR count). The molecule has 0 saturated heterocycles. The molecule has 0 aliphatic heterocycles. The Balaban J connectivity index is 1.69. The van der Waals surface area contributed by atoms with Crippen molar-refractivity contribution in [2.24, 2.45) is 0 Å². The van der Waals surface area contributed by atoms with Crippen LogP contribution in [0.25, 0.3) is 5.65 Å². The van der Waals surface area contributed by atoms with Gasteiger partial charge in [0.25, 0.3) is 0 Å². The highest BCUT2D eigenvalue weighted by Crippen LogP contribution is 2.23. The summed E-state index contributed by atoms with van der Waals surface area (Å²) in [5.74, 6) is 1.37.